The number of amides is 1. The monoisotopic (exact) mass is 483 g/mol. The van der Waals surface area contributed by atoms with E-state index in [9.17, 15) is 4.79 Å². The molecule has 0 bridgehead atoms. The smallest absolute Gasteiger partial charge is 0.247 e. The Kier molecular flexibility index (Phi) is 8.89. The summed E-state index contributed by atoms with van der Waals surface area (Å²) in [5, 5.41) is 6.17. The standard InChI is InChI=1S/C25H37N7O3/c1-8-24(33)27-19-13-20(22(34-7)14-21(19)31(6)12-11-30(4)5)28-25-26-10-9-23(29-25)32-15-17(2)35-18(3)16-32/h8-10,13-14,17-18H,1,11-12,15-16H2,2-7H3,(H,27,33)(H,26,28,29). The van der Waals surface area contributed by atoms with Crippen molar-refractivity contribution in [2.75, 3.05) is 74.9 Å². The first-order chi connectivity index (χ1) is 16.7. The first-order valence-corrected chi connectivity index (χ1v) is 11.7. The first kappa shape index (κ1) is 26.2. The zero-order valence-electron chi connectivity index (χ0n) is 21.5. The maximum absolute atomic E-state index is 12.2. The number of nitrogens with zero attached hydrogens (tertiary/aromatic N) is 5. The Morgan fingerprint density at radius 3 is 2.57 bits per heavy atom. The summed E-state index contributed by atoms with van der Waals surface area (Å²) in [7, 11) is 7.63. The molecule has 2 atom stereocenters. The van der Waals surface area contributed by atoms with Gasteiger partial charge in [-0.1, -0.05) is 6.58 Å². The Hall–Kier alpha value is -3.37. The number of rotatable bonds is 10. The van der Waals surface area contributed by atoms with Gasteiger partial charge in [0.05, 0.1) is 36.4 Å². The van der Waals surface area contributed by atoms with Crippen molar-refractivity contribution in [1.82, 2.24) is 14.9 Å². The minimum absolute atomic E-state index is 0.123. The van der Waals surface area contributed by atoms with E-state index in [1.165, 1.54) is 6.08 Å². The summed E-state index contributed by atoms with van der Waals surface area (Å²) in [6, 6.07) is 5.62. The summed E-state index contributed by atoms with van der Waals surface area (Å²) >= 11 is 0. The average molecular weight is 484 g/mol. The fraction of sp³-hybridized carbons (Fsp3) is 0.480. The number of ether oxygens (including phenoxy) is 2. The average Bonchev–Trinajstić information content (AvgIpc) is 2.82. The molecule has 10 heteroatoms. The molecule has 1 aromatic carbocycles. The number of carbonyl (C=O) groups excluding carboxylic acids is 1. The Labute approximate surface area is 207 Å². The lowest BCUT2D eigenvalue weighted by Gasteiger charge is -2.36. The molecule has 10 nitrogen and oxygen atoms in total. The normalized spacial score (nSPS) is 17.7. The van der Waals surface area contributed by atoms with Crippen LogP contribution in [0.5, 0.6) is 5.75 Å². The molecule has 3 rings (SSSR count). The molecular weight excluding hydrogens is 446 g/mol. The molecule has 35 heavy (non-hydrogen) atoms. The number of morpholine rings is 1. The Morgan fingerprint density at radius 1 is 1.23 bits per heavy atom. The lowest BCUT2D eigenvalue weighted by Crippen LogP contribution is -2.45. The van der Waals surface area contributed by atoms with Crippen molar-refractivity contribution >= 4 is 34.7 Å². The third-order valence-corrected chi connectivity index (χ3v) is 5.69. The van der Waals surface area contributed by atoms with Gasteiger partial charge in [-0.2, -0.15) is 4.98 Å². The van der Waals surface area contributed by atoms with Gasteiger partial charge >= 0.3 is 0 Å². The van der Waals surface area contributed by atoms with Crippen LogP contribution in [0, 0.1) is 0 Å². The molecule has 0 aliphatic carbocycles. The second kappa shape index (κ2) is 11.9. The topological polar surface area (TPSA) is 95.1 Å². The van der Waals surface area contributed by atoms with Crippen LogP contribution in [0.15, 0.2) is 37.1 Å². The largest absolute Gasteiger partial charge is 0.494 e. The van der Waals surface area contributed by atoms with Gasteiger partial charge in [-0.15, -0.1) is 0 Å². The zero-order chi connectivity index (χ0) is 25.5. The van der Waals surface area contributed by atoms with E-state index in [2.05, 4.69) is 50.7 Å². The molecule has 1 fully saturated rings. The number of methoxy groups -OCH3 is 1. The van der Waals surface area contributed by atoms with Gasteiger partial charge in [0, 0.05) is 45.5 Å². The van der Waals surface area contributed by atoms with Crippen LogP contribution in [0.1, 0.15) is 13.8 Å². The number of aromatic nitrogens is 2. The van der Waals surface area contributed by atoms with Crippen LogP contribution >= 0.6 is 0 Å². The van der Waals surface area contributed by atoms with E-state index >= 15 is 0 Å². The molecule has 2 unspecified atom stereocenters. The fourth-order valence-corrected chi connectivity index (χ4v) is 3.98. The highest BCUT2D eigenvalue weighted by Crippen LogP contribution is 2.38. The quantitative estimate of drug-likeness (QED) is 0.495. The molecule has 2 heterocycles. The summed E-state index contributed by atoms with van der Waals surface area (Å²) in [6.07, 6.45) is 3.22. The number of nitrogens with one attached hydrogen (secondary N) is 2. The molecule has 0 spiro atoms. The molecule has 1 aromatic heterocycles. The van der Waals surface area contributed by atoms with Crippen molar-refractivity contribution in [3.05, 3.63) is 37.1 Å². The maximum atomic E-state index is 12.2. The molecule has 2 aromatic rings. The van der Waals surface area contributed by atoms with Crippen molar-refractivity contribution in [1.29, 1.82) is 0 Å². The van der Waals surface area contributed by atoms with E-state index in [-0.39, 0.29) is 18.1 Å². The first-order valence-electron chi connectivity index (χ1n) is 11.7. The van der Waals surface area contributed by atoms with Crippen LogP contribution < -0.4 is 25.2 Å². The van der Waals surface area contributed by atoms with Crippen LogP contribution in [-0.2, 0) is 9.53 Å². The Morgan fingerprint density at radius 2 is 1.94 bits per heavy atom. The van der Waals surface area contributed by atoms with Gasteiger partial charge in [0.25, 0.3) is 0 Å². The van der Waals surface area contributed by atoms with E-state index in [0.29, 0.717) is 23.1 Å². The minimum atomic E-state index is -0.294. The highest BCUT2D eigenvalue weighted by atomic mass is 16.5. The molecule has 2 N–H and O–H groups in total. The summed E-state index contributed by atoms with van der Waals surface area (Å²) in [5.41, 5.74) is 2.10. The SMILES string of the molecule is C=CC(=O)Nc1cc(Nc2nccc(N3CC(C)OC(C)C3)n2)c(OC)cc1N(C)CCN(C)C. The van der Waals surface area contributed by atoms with Crippen molar-refractivity contribution < 1.29 is 14.3 Å². The minimum Gasteiger partial charge on any atom is -0.494 e. The van der Waals surface area contributed by atoms with Crippen molar-refractivity contribution in [2.45, 2.75) is 26.1 Å². The zero-order valence-corrected chi connectivity index (χ0v) is 21.5. The second-order valence-electron chi connectivity index (χ2n) is 9.01. The molecule has 1 saturated heterocycles. The molecule has 0 radical (unpaired) electrons. The van der Waals surface area contributed by atoms with Crippen molar-refractivity contribution in [3.8, 4) is 5.75 Å². The molecule has 0 saturated carbocycles. The van der Waals surface area contributed by atoms with Gasteiger partial charge in [0.1, 0.15) is 11.6 Å². The second-order valence-corrected chi connectivity index (χ2v) is 9.01. The van der Waals surface area contributed by atoms with Gasteiger partial charge in [-0.25, -0.2) is 4.98 Å². The van der Waals surface area contributed by atoms with Crippen molar-refractivity contribution in [3.63, 3.8) is 0 Å². The van der Waals surface area contributed by atoms with Crippen LogP contribution in [0.4, 0.5) is 28.8 Å². The van der Waals surface area contributed by atoms with Crippen LogP contribution in [0.2, 0.25) is 0 Å². The van der Waals surface area contributed by atoms with E-state index in [1.807, 2.05) is 39.3 Å². The summed E-state index contributed by atoms with van der Waals surface area (Å²) in [6.45, 7) is 10.8. The van der Waals surface area contributed by atoms with Gasteiger partial charge in [0.2, 0.25) is 11.9 Å². The van der Waals surface area contributed by atoms with E-state index in [0.717, 1.165) is 37.7 Å². The lowest BCUT2D eigenvalue weighted by atomic mass is 10.2. The van der Waals surface area contributed by atoms with E-state index < -0.39 is 0 Å². The number of hydrogen-bond donors (Lipinski definition) is 2. The summed E-state index contributed by atoms with van der Waals surface area (Å²) in [4.78, 5) is 27.7. The number of carbonyl (C=O) groups is 1. The number of anilines is 5. The van der Waals surface area contributed by atoms with Gasteiger partial charge in [-0.3, -0.25) is 4.79 Å². The Bertz CT molecular complexity index is 1020. The maximum Gasteiger partial charge on any atom is 0.247 e. The van der Waals surface area contributed by atoms with Crippen LogP contribution in [0.3, 0.4) is 0 Å². The third-order valence-electron chi connectivity index (χ3n) is 5.69. The van der Waals surface area contributed by atoms with Gasteiger partial charge in [0.15, 0.2) is 0 Å². The van der Waals surface area contributed by atoms with Crippen LogP contribution in [0.25, 0.3) is 0 Å². The summed E-state index contributed by atoms with van der Waals surface area (Å²) < 4.78 is 11.5. The Balaban J connectivity index is 1.91. The predicted molar refractivity (Wildman–Crippen MR) is 141 cm³/mol. The molecule has 1 aliphatic rings. The van der Waals surface area contributed by atoms with E-state index in [1.54, 1.807) is 13.3 Å². The number of hydrogen-bond acceptors (Lipinski definition) is 9. The van der Waals surface area contributed by atoms with Gasteiger partial charge in [-0.05, 0) is 46.2 Å². The molecule has 1 amide bonds. The number of likely N-dealkylation sites (N-methyl/N-ethyl adjacent to an activating group) is 2. The summed E-state index contributed by atoms with van der Waals surface area (Å²) in [5.74, 6) is 1.57. The van der Waals surface area contributed by atoms with Crippen molar-refractivity contribution in [2.24, 2.45) is 0 Å². The molecular formula is C25H37N7O3. The fourth-order valence-electron chi connectivity index (χ4n) is 3.98. The number of benzene rings is 1. The lowest BCUT2D eigenvalue weighted by molar-refractivity contribution is -0.111. The molecule has 190 valence electrons. The predicted octanol–water partition coefficient (Wildman–Crippen LogP) is 2.96. The van der Waals surface area contributed by atoms with Crippen LogP contribution in [-0.4, -0.2) is 87.4 Å². The third kappa shape index (κ3) is 7.06. The van der Waals surface area contributed by atoms with Gasteiger partial charge < -0.3 is 34.8 Å². The molecule has 1 aliphatic heterocycles. The highest BCUT2D eigenvalue weighted by Gasteiger charge is 2.24. The van der Waals surface area contributed by atoms with E-state index in [4.69, 9.17) is 14.5 Å². The highest BCUT2D eigenvalue weighted by molar-refractivity contribution is 6.02.